The lowest BCUT2D eigenvalue weighted by Crippen LogP contribution is -2.06. The average molecular weight is 284 g/mol. The van der Waals surface area contributed by atoms with Gasteiger partial charge in [-0.1, -0.05) is 17.7 Å². The molecule has 0 spiro atoms. The van der Waals surface area contributed by atoms with Gasteiger partial charge in [0.2, 0.25) is 0 Å². The predicted octanol–water partition coefficient (Wildman–Crippen LogP) is 3.91. The first kappa shape index (κ1) is 13.8. The summed E-state index contributed by atoms with van der Waals surface area (Å²) in [6.07, 6.45) is 0.345. The van der Waals surface area contributed by atoms with Gasteiger partial charge in [-0.2, -0.15) is 0 Å². The summed E-state index contributed by atoms with van der Waals surface area (Å²) in [5.74, 6) is -0.397. The first-order valence-corrected chi connectivity index (χ1v) is 6.10. The second-order valence-corrected chi connectivity index (χ2v) is 4.34. The number of rotatable bonds is 4. The molecule has 2 N–H and O–H groups in total. The van der Waals surface area contributed by atoms with Gasteiger partial charge in [0.05, 0.1) is 5.02 Å². The molecule has 0 unspecified atom stereocenters. The third-order valence-electron chi connectivity index (χ3n) is 2.59. The summed E-state index contributed by atoms with van der Waals surface area (Å²) in [5, 5.41) is 0.00812. The largest absolute Gasteiger partial charge is 0.457 e. The molecule has 0 aliphatic heterocycles. The fraction of sp³-hybridized carbons (Fsp3) is 0.143. The maximum absolute atomic E-state index is 13.7. The average Bonchev–Trinajstić information content (AvgIpc) is 2.38. The normalized spacial score (nSPS) is 10.5. The SMILES string of the molecule is NCCc1c(F)cccc1Oc1ccc(Cl)c(F)c1. The molecular formula is C14H12ClF2NO. The van der Waals surface area contributed by atoms with E-state index in [1.165, 1.54) is 24.3 Å². The van der Waals surface area contributed by atoms with E-state index in [9.17, 15) is 8.78 Å². The standard InChI is InChI=1S/C14H12ClF2NO/c15-11-5-4-9(8-13(11)17)19-14-3-1-2-12(16)10(14)6-7-18/h1-5,8H,6-7,18H2. The van der Waals surface area contributed by atoms with Gasteiger partial charge in [0.1, 0.15) is 23.1 Å². The van der Waals surface area contributed by atoms with Crippen LogP contribution in [-0.4, -0.2) is 6.54 Å². The lowest BCUT2D eigenvalue weighted by molar-refractivity contribution is 0.462. The van der Waals surface area contributed by atoms with Crippen LogP contribution in [0.5, 0.6) is 11.5 Å². The van der Waals surface area contributed by atoms with E-state index in [2.05, 4.69) is 0 Å². The van der Waals surface area contributed by atoms with Gasteiger partial charge in [-0.25, -0.2) is 8.78 Å². The Morgan fingerprint density at radius 1 is 1.11 bits per heavy atom. The third kappa shape index (κ3) is 3.22. The molecule has 0 aromatic heterocycles. The molecule has 0 heterocycles. The maximum atomic E-state index is 13.7. The molecule has 2 aromatic carbocycles. The first-order valence-electron chi connectivity index (χ1n) is 5.72. The molecule has 2 nitrogen and oxygen atoms in total. The second kappa shape index (κ2) is 5.99. The molecule has 0 bridgehead atoms. The molecule has 0 saturated heterocycles. The number of nitrogens with two attached hydrogens (primary N) is 1. The van der Waals surface area contributed by atoms with E-state index < -0.39 is 11.6 Å². The van der Waals surface area contributed by atoms with Crippen LogP contribution in [0.25, 0.3) is 0 Å². The van der Waals surface area contributed by atoms with Gasteiger partial charge >= 0.3 is 0 Å². The van der Waals surface area contributed by atoms with E-state index in [4.69, 9.17) is 22.1 Å². The Balaban J connectivity index is 2.32. The molecule has 0 aliphatic carbocycles. The van der Waals surface area contributed by atoms with Gasteiger partial charge in [-0.15, -0.1) is 0 Å². The van der Waals surface area contributed by atoms with Crippen LogP contribution < -0.4 is 10.5 Å². The second-order valence-electron chi connectivity index (χ2n) is 3.93. The lowest BCUT2D eigenvalue weighted by Gasteiger charge is -2.11. The van der Waals surface area contributed by atoms with Crippen molar-refractivity contribution in [3.8, 4) is 11.5 Å². The van der Waals surface area contributed by atoms with Crippen LogP contribution >= 0.6 is 11.6 Å². The molecule has 100 valence electrons. The van der Waals surface area contributed by atoms with Crippen molar-refractivity contribution >= 4 is 11.6 Å². The van der Waals surface area contributed by atoms with Gasteiger partial charge < -0.3 is 10.5 Å². The van der Waals surface area contributed by atoms with Crippen LogP contribution in [-0.2, 0) is 6.42 Å². The lowest BCUT2D eigenvalue weighted by atomic mass is 10.1. The quantitative estimate of drug-likeness (QED) is 0.923. The van der Waals surface area contributed by atoms with Crippen LogP contribution in [0.4, 0.5) is 8.78 Å². The first-order chi connectivity index (χ1) is 9.11. The summed E-state index contributed by atoms with van der Waals surface area (Å²) in [6.45, 7) is 0.298. The number of halogens is 3. The Hall–Kier alpha value is -1.65. The molecule has 5 heteroatoms. The highest BCUT2D eigenvalue weighted by Gasteiger charge is 2.10. The summed E-state index contributed by atoms with van der Waals surface area (Å²) in [7, 11) is 0. The maximum Gasteiger partial charge on any atom is 0.145 e. The highest BCUT2D eigenvalue weighted by Crippen LogP contribution is 2.29. The molecule has 2 rings (SSSR count). The molecule has 2 aromatic rings. The van der Waals surface area contributed by atoms with Gasteiger partial charge in [-0.3, -0.25) is 0 Å². The third-order valence-corrected chi connectivity index (χ3v) is 2.90. The van der Waals surface area contributed by atoms with Crippen molar-refractivity contribution < 1.29 is 13.5 Å². The highest BCUT2D eigenvalue weighted by molar-refractivity contribution is 6.30. The van der Waals surface area contributed by atoms with Crippen molar-refractivity contribution in [3.63, 3.8) is 0 Å². The predicted molar refractivity (Wildman–Crippen MR) is 70.6 cm³/mol. The minimum Gasteiger partial charge on any atom is -0.457 e. The van der Waals surface area contributed by atoms with Crippen molar-refractivity contribution in [2.45, 2.75) is 6.42 Å². The van der Waals surface area contributed by atoms with Gasteiger partial charge in [0.25, 0.3) is 0 Å². The molecule has 0 saturated carbocycles. The van der Waals surface area contributed by atoms with Gasteiger partial charge in [0, 0.05) is 11.6 Å². The number of hydrogen-bond donors (Lipinski definition) is 1. The van der Waals surface area contributed by atoms with Crippen LogP contribution in [0.15, 0.2) is 36.4 Å². The van der Waals surface area contributed by atoms with E-state index in [1.807, 2.05) is 0 Å². The number of ether oxygens (including phenoxy) is 1. The molecule has 0 amide bonds. The van der Waals surface area contributed by atoms with Crippen LogP contribution in [0.1, 0.15) is 5.56 Å². The van der Waals surface area contributed by atoms with E-state index >= 15 is 0 Å². The minimum atomic E-state index is -0.587. The zero-order valence-electron chi connectivity index (χ0n) is 10.00. The van der Waals surface area contributed by atoms with Crippen molar-refractivity contribution in [3.05, 3.63) is 58.6 Å². The van der Waals surface area contributed by atoms with E-state index in [0.717, 1.165) is 6.07 Å². The van der Waals surface area contributed by atoms with Crippen LogP contribution in [0.3, 0.4) is 0 Å². The number of hydrogen-bond acceptors (Lipinski definition) is 2. The van der Waals surface area contributed by atoms with Gasteiger partial charge in [-0.05, 0) is 37.2 Å². The molecule has 0 radical (unpaired) electrons. The van der Waals surface area contributed by atoms with Crippen LogP contribution in [0.2, 0.25) is 5.02 Å². The van der Waals surface area contributed by atoms with Crippen molar-refractivity contribution in [2.75, 3.05) is 6.54 Å². The number of benzene rings is 2. The topological polar surface area (TPSA) is 35.2 Å². The Bertz CT molecular complexity index is 590. The highest BCUT2D eigenvalue weighted by atomic mass is 35.5. The van der Waals surface area contributed by atoms with Crippen molar-refractivity contribution in [1.82, 2.24) is 0 Å². The van der Waals surface area contributed by atoms with Crippen molar-refractivity contribution in [1.29, 1.82) is 0 Å². The summed E-state index contributed by atoms with van der Waals surface area (Å²) in [5.41, 5.74) is 5.81. The van der Waals surface area contributed by atoms with Gasteiger partial charge in [0.15, 0.2) is 0 Å². The smallest absolute Gasteiger partial charge is 0.145 e. The Morgan fingerprint density at radius 3 is 2.58 bits per heavy atom. The Labute approximate surface area is 114 Å². The zero-order chi connectivity index (χ0) is 13.8. The zero-order valence-corrected chi connectivity index (χ0v) is 10.8. The monoisotopic (exact) mass is 283 g/mol. The molecular weight excluding hydrogens is 272 g/mol. The van der Waals surface area contributed by atoms with Crippen LogP contribution in [0, 0.1) is 11.6 Å². The van der Waals surface area contributed by atoms with E-state index in [-0.39, 0.29) is 10.8 Å². The summed E-state index contributed by atoms with van der Waals surface area (Å²) in [6, 6.07) is 8.52. The summed E-state index contributed by atoms with van der Waals surface area (Å²) < 4.78 is 32.4. The molecule has 0 aliphatic rings. The Morgan fingerprint density at radius 2 is 1.89 bits per heavy atom. The molecule has 0 fully saturated rings. The summed E-state index contributed by atoms with van der Waals surface area (Å²) in [4.78, 5) is 0. The fourth-order valence-electron chi connectivity index (χ4n) is 1.69. The molecule has 19 heavy (non-hydrogen) atoms. The fourth-order valence-corrected chi connectivity index (χ4v) is 1.81. The van der Waals surface area contributed by atoms with E-state index in [0.29, 0.717) is 24.3 Å². The minimum absolute atomic E-state index is 0.00812. The van der Waals surface area contributed by atoms with E-state index in [1.54, 1.807) is 6.07 Å². The van der Waals surface area contributed by atoms with Crippen molar-refractivity contribution in [2.24, 2.45) is 5.73 Å². The Kier molecular flexibility index (Phi) is 4.35. The molecule has 0 atom stereocenters. The summed E-state index contributed by atoms with van der Waals surface area (Å²) >= 11 is 5.58.